The molecule has 0 spiro atoms. The summed E-state index contributed by atoms with van der Waals surface area (Å²) in [5.74, 6) is -0.373. The zero-order valence-electron chi connectivity index (χ0n) is 17.4. The summed E-state index contributed by atoms with van der Waals surface area (Å²) in [5.41, 5.74) is 2.49. The number of benzene rings is 2. The van der Waals surface area contributed by atoms with Crippen molar-refractivity contribution in [2.45, 2.75) is 39.5 Å². The second kappa shape index (κ2) is 12.3. The van der Waals surface area contributed by atoms with E-state index < -0.39 is 11.9 Å². The van der Waals surface area contributed by atoms with Crippen LogP contribution in [0.3, 0.4) is 0 Å². The Morgan fingerprint density at radius 2 is 1.40 bits per heavy atom. The molecule has 30 heavy (non-hydrogen) atoms. The molecule has 2 amide bonds. The Kier molecular flexibility index (Phi) is 9.37. The van der Waals surface area contributed by atoms with Gasteiger partial charge in [0.15, 0.2) is 6.61 Å². The summed E-state index contributed by atoms with van der Waals surface area (Å²) in [5, 5.41) is 5.43. The van der Waals surface area contributed by atoms with Crippen LogP contribution in [0.5, 0.6) is 5.75 Å². The molecular formula is C23H28N2O5. The van der Waals surface area contributed by atoms with Gasteiger partial charge in [0.1, 0.15) is 5.75 Å². The molecule has 0 aliphatic carbocycles. The second-order valence-corrected chi connectivity index (χ2v) is 6.62. The third kappa shape index (κ3) is 8.34. The monoisotopic (exact) mass is 412 g/mol. The lowest BCUT2D eigenvalue weighted by Gasteiger charge is -2.08. The number of hydrogen-bond acceptors (Lipinski definition) is 5. The van der Waals surface area contributed by atoms with E-state index in [-0.39, 0.29) is 25.4 Å². The van der Waals surface area contributed by atoms with E-state index in [0.29, 0.717) is 24.4 Å². The molecule has 0 heterocycles. The van der Waals surface area contributed by atoms with Crippen LogP contribution >= 0.6 is 0 Å². The number of amides is 2. The highest BCUT2D eigenvalue weighted by molar-refractivity contribution is 5.93. The highest BCUT2D eigenvalue weighted by atomic mass is 16.5. The molecule has 0 atom stereocenters. The molecule has 0 saturated carbocycles. The first-order valence-electron chi connectivity index (χ1n) is 10.1. The maximum absolute atomic E-state index is 12.0. The molecule has 0 aromatic heterocycles. The fourth-order valence-corrected chi connectivity index (χ4v) is 2.66. The zero-order valence-corrected chi connectivity index (χ0v) is 17.4. The van der Waals surface area contributed by atoms with Crippen molar-refractivity contribution in [1.29, 1.82) is 0 Å². The van der Waals surface area contributed by atoms with Crippen LogP contribution in [0, 0.1) is 0 Å². The largest absolute Gasteiger partial charge is 0.494 e. The van der Waals surface area contributed by atoms with Crippen LogP contribution in [-0.2, 0) is 25.5 Å². The van der Waals surface area contributed by atoms with Crippen molar-refractivity contribution in [3.8, 4) is 5.75 Å². The number of ether oxygens (including phenoxy) is 2. The van der Waals surface area contributed by atoms with Crippen LogP contribution < -0.4 is 15.4 Å². The van der Waals surface area contributed by atoms with Gasteiger partial charge in [-0.15, -0.1) is 0 Å². The normalized spacial score (nSPS) is 10.2. The quantitative estimate of drug-likeness (QED) is 0.545. The minimum Gasteiger partial charge on any atom is -0.494 e. The van der Waals surface area contributed by atoms with Crippen molar-refractivity contribution in [1.82, 2.24) is 0 Å². The number of rotatable bonds is 11. The standard InChI is InChI=1S/C23H28N2O5/c1-3-17-8-10-18(11-9-17)25-22(27)16-30-23(28)7-5-6-21(26)24-19-12-14-20(15-13-19)29-4-2/h8-15H,3-7,16H2,1-2H3,(H,24,26)(H,25,27). The lowest BCUT2D eigenvalue weighted by molar-refractivity contribution is -0.147. The van der Waals surface area contributed by atoms with E-state index in [9.17, 15) is 14.4 Å². The smallest absolute Gasteiger partial charge is 0.306 e. The van der Waals surface area contributed by atoms with E-state index in [0.717, 1.165) is 12.2 Å². The molecule has 0 unspecified atom stereocenters. The summed E-state index contributed by atoms with van der Waals surface area (Å²) in [6, 6.07) is 14.5. The minimum absolute atomic E-state index is 0.0647. The summed E-state index contributed by atoms with van der Waals surface area (Å²) in [6.45, 7) is 4.18. The van der Waals surface area contributed by atoms with Gasteiger partial charge >= 0.3 is 5.97 Å². The van der Waals surface area contributed by atoms with E-state index in [1.807, 2.05) is 31.2 Å². The first-order valence-corrected chi connectivity index (χ1v) is 10.1. The van der Waals surface area contributed by atoms with E-state index in [1.165, 1.54) is 5.56 Å². The van der Waals surface area contributed by atoms with E-state index in [1.54, 1.807) is 24.3 Å². The SMILES string of the molecule is CCOc1ccc(NC(=O)CCCC(=O)OCC(=O)Nc2ccc(CC)cc2)cc1. The third-order valence-corrected chi connectivity index (χ3v) is 4.24. The molecule has 0 radical (unpaired) electrons. The van der Waals surface area contributed by atoms with Crippen molar-refractivity contribution >= 4 is 29.2 Å². The highest BCUT2D eigenvalue weighted by Gasteiger charge is 2.10. The van der Waals surface area contributed by atoms with Crippen LogP contribution in [-0.4, -0.2) is 31.0 Å². The predicted molar refractivity (Wildman–Crippen MR) is 116 cm³/mol. The Bertz CT molecular complexity index is 832. The third-order valence-electron chi connectivity index (χ3n) is 4.24. The van der Waals surface area contributed by atoms with Gasteiger partial charge in [-0.1, -0.05) is 19.1 Å². The Morgan fingerprint density at radius 1 is 0.800 bits per heavy atom. The lowest BCUT2D eigenvalue weighted by Crippen LogP contribution is -2.21. The molecule has 0 aliphatic rings. The van der Waals surface area contributed by atoms with Crippen LogP contribution in [0.4, 0.5) is 11.4 Å². The van der Waals surface area contributed by atoms with Gasteiger partial charge in [-0.2, -0.15) is 0 Å². The summed E-state index contributed by atoms with van der Waals surface area (Å²) in [6.07, 6.45) is 1.50. The van der Waals surface area contributed by atoms with E-state index in [2.05, 4.69) is 17.6 Å². The maximum Gasteiger partial charge on any atom is 0.306 e. The molecule has 0 fully saturated rings. The lowest BCUT2D eigenvalue weighted by atomic mass is 10.1. The van der Waals surface area contributed by atoms with Gasteiger partial charge in [0.2, 0.25) is 5.91 Å². The van der Waals surface area contributed by atoms with Crippen molar-refractivity contribution in [2.24, 2.45) is 0 Å². The molecule has 0 bridgehead atoms. The Labute approximate surface area is 176 Å². The average Bonchev–Trinajstić information content (AvgIpc) is 2.74. The summed E-state index contributed by atoms with van der Waals surface area (Å²) in [4.78, 5) is 35.6. The summed E-state index contributed by atoms with van der Waals surface area (Å²) in [7, 11) is 0. The molecule has 2 rings (SSSR count). The van der Waals surface area contributed by atoms with Crippen molar-refractivity contribution < 1.29 is 23.9 Å². The van der Waals surface area contributed by atoms with Crippen LogP contribution in [0.2, 0.25) is 0 Å². The van der Waals surface area contributed by atoms with Gasteiger partial charge in [0.25, 0.3) is 5.91 Å². The topological polar surface area (TPSA) is 93.7 Å². The maximum atomic E-state index is 12.0. The van der Waals surface area contributed by atoms with Crippen LogP contribution in [0.15, 0.2) is 48.5 Å². The van der Waals surface area contributed by atoms with Crippen molar-refractivity contribution in [3.63, 3.8) is 0 Å². The summed E-state index contributed by atoms with van der Waals surface area (Å²) >= 11 is 0. The van der Waals surface area contributed by atoms with Crippen molar-refractivity contribution in [3.05, 3.63) is 54.1 Å². The number of esters is 1. The second-order valence-electron chi connectivity index (χ2n) is 6.62. The molecule has 2 aromatic rings. The van der Waals surface area contributed by atoms with Gasteiger partial charge < -0.3 is 20.1 Å². The molecule has 2 aromatic carbocycles. The van der Waals surface area contributed by atoms with Gasteiger partial charge in [-0.3, -0.25) is 14.4 Å². The van der Waals surface area contributed by atoms with Gasteiger partial charge in [-0.05, 0) is 61.7 Å². The molecule has 0 aliphatic heterocycles. The molecule has 7 nitrogen and oxygen atoms in total. The average molecular weight is 412 g/mol. The Balaban J connectivity index is 1.61. The van der Waals surface area contributed by atoms with Gasteiger partial charge in [-0.25, -0.2) is 0 Å². The molecule has 0 saturated heterocycles. The fraction of sp³-hybridized carbons (Fsp3) is 0.348. The number of hydrogen-bond donors (Lipinski definition) is 2. The number of carbonyl (C=O) groups excluding carboxylic acids is 3. The molecule has 160 valence electrons. The number of carbonyl (C=O) groups is 3. The Morgan fingerprint density at radius 3 is 2.00 bits per heavy atom. The van der Waals surface area contributed by atoms with E-state index in [4.69, 9.17) is 9.47 Å². The number of aryl methyl sites for hydroxylation is 1. The highest BCUT2D eigenvalue weighted by Crippen LogP contribution is 2.16. The number of anilines is 2. The molecule has 2 N–H and O–H groups in total. The van der Waals surface area contributed by atoms with Gasteiger partial charge in [0, 0.05) is 24.2 Å². The number of nitrogens with one attached hydrogen (secondary N) is 2. The first kappa shape index (κ1) is 22.9. The minimum atomic E-state index is -0.514. The first-order chi connectivity index (χ1) is 14.5. The van der Waals surface area contributed by atoms with Crippen molar-refractivity contribution in [2.75, 3.05) is 23.8 Å². The molecular weight excluding hydrogens is 384 g/mol. The van der Waals surface area contributed by atoms with Gasteiger partial charge in [0.05, 0.1) is 6.61 Å². The summed E-state index contributed by atoms with van der Waals surface area (Å²) < 4.78 is 10.3. The van der Waals surface area contributed by atoms with Crippen LogP contribution in [0.25, 0.3) is 0 Å². The molecule has 7 heteroatoms. The fourth-order valence-electron chi connectivity index (χ4n) is 2.66. The Hall–Kier alpha value is -3.35. The zero-order chi connectivity index (χ0) is 21.8. The van der Waals surface area contributed by atoms with E-state index >= 15 is 0 Å². The van der Waals surface area contributed by atoms with Crippen LogP contribution in [0.1, 0.15) is 38.7 Å². The predicted octanol–water partition coefficient (Wildman–Crippen LogP) is 3.94.